The van der Waals surface area contributed by atoms with Gasteiger partial charge in [-0.2, -0.15) is 0 Å². The van der Waals surface area contributed by atoms with Crippen LogP contribution in [0.25, 0.3) is 22.7 Å². The molecule has 0 bridgehead atoms. The maximum atomic E-state index is 9.39. The number of fused-ring (bicyclic) bond motifs is 1. The van der Waals surface area contributed by atoms with Gasteiger partial charge in [-0.3, -0.25) is 0 Å². The van der Waals surface area contributed by atoms with Gasteiger partial charge in [0.1, 0.15) is 11.5 Å². The Morgan fingerprint density at radius 2 is 2.07 bits per heavy atom. The molecular formula is C13H11NO. The molecule has 74 valence electrons. The van der Waals surface area contributed by atoms with Gasteiger partial charge >= 0.3 is 0 Å². The number of pyridine rings is 1. The third-order valence-corrected chi connectivity index (χ3v) is 2.25. The van der Waals surface area contributed by atoms with Crippen LogP contribution in [-0.2, 0) is 0 Å². The number of aliphatic hydroxyl groups excluding tert-OH is 1. The van der Waals surface area contributed by atoms with E-state index in [4.69, 9.17) is 0 Å². The molecule has 0 unspecified atom stereocenters. The number of aliphatic hydroxyl groups is 1. The third kappa shape index (κ3) is 1.62. The lowest BCUT2D eigenvalue weighted by Gasteiger charge is -2.05. The summed E-state index contributed by atoms with van der Waals surface area (Å²) in [4.78, 5) is 4.32. The third-order valence-electron chi connectivity index (χ3n) is 2.25. The van der Waals surface area contributed by atoms with Crippen LogP contribution in [0.5, 0.6) is 0 Å². The monoisotopic (exact) mass is 197 g/mol. The molecule has 1 heterocycles. The van der Waals surface area contributed by atoms with Crippen molar-refractivity contribution in [1.82, 2.24) is 4.98 Å². The summed E-state index contributed by atoms with van der Waals surface area (Å²) < 4.78 is 0. The second kappa shape index (κ2) is 3.58. The molecule has 0 saturated carbocycles. The standard InChI is InChI=1S/C13H11NO/c1-3-10-8-11-6-4-5-7-12(11)14-13(10)9(2)15/h3-8,15H,1-2H2. The lowest BCUT2D eigenvalue weighted by molar-refractivity contribution is 0.511. The molecule has 0 fully saturated rings. The fourth-order valence-corrected chi connectivity index (χ4v) is 1.52. The summed E-state index contributed by atoms with van der Waals surface area (Å²) in [6.45, 7) is 7.17. The van der Waals surface area contributed by atoms with Crippen molar-refractivity contribution in [3.05, 3.63) is 54.7 Å². The van der Waals surface area contributed by atoms with Crippen molar-refractivity contribution in [1.29, 1.82) is 0 Å². The zero-order chi connectivity index (χ0) is 10.8. The van der Waals surface area contributed by atoms with E-state index >= 15 is 0 Å². The average molecular weight is 197 g/mol. The minimum absolute atomic E-state index is 0.0318. The summed E-state index contributed by atoms with van der Waals surface area (Å²) >= 11 is 0. The van der Waals surface area contributed by atoms with Crippen molar-refractivity contribution in [2.45, 2.75) is 0 Å². The van der Waals surface area contributed by atoms with Crippen molar-refractivity contribution in [3.8, 4) is 0 Å². The van der Waals surface area contributed by atoms with Crippen molar-refractivity contribution in [2.24, 2.45) is 0 Å². The van der Waals surface area contributed by atoms with Crippen molar-refractivity contribution < 1.29 is 5.11 Å². The Labute approximate surface area is 88.2 Å². The minimum atomic E-state index is -0.0318. The Bertz CT molecular complexity index is 543. The van der Waals surface area contributed by atoms with E-state index in [0.29, 0.717) is 5.69 Å². The highest BCUT2D eigenvalue weighted by molar-refractivity contribution is 5.84. The lowest BCUT2D eigenvalue weighted by Crippen LogP contribution is -1.92. The molecule has 2 aromatic rings. The molecule has 1 N–H and O–H groups in total. The molecule has 0 spiro atoms. The van der Waals surface area contributed by atoms with Gasteiger partial charge < -0.3 is 5.11 Å². The van der Waals surface area contributed by atoms with E-state index in [1.54, 1.807) is 6.08 Å². The summed E-state index contributed by atoms with van der Waals surface area (Å²) in [5, 5.41) is 10.4. The predicted octanol–water partition coefficient (Wildman–Crippen LogP) is 3.41. The molecular weight excluding hydrogens is 186 g/mol. The van der Waals surface area contributed by atoms with Gasteiger partial charge in [0.2, 0.25) is 0 Å². The number of aromatic nitrogens is 1. The Morgan fingerprint density at radius 3 is 2.73 bits per heavy atom. The van der Waals surface area contributed by atoms with Crippen molar-refractivity contribution >= 4 is 22.7 Å². The molecule has 0 radical (unpaired) electrons. The number of hydrogen-bond acceptors (Lipinski definition) is 2. The van der Waals surface area contributed by atoms with E-state index in [9.17, 15) is 5.11 Å². The topological polar surface area (TPSA) is 33.1 Å². The molecule has 0 aliphatic heterocycles. The summed E-state index contributed by atoms with van der Waals surface area (Å²) in [5.41, 5.74) is 2.12. The van der Waals surface area contributed by atoms with Crippen LogP contribution in [0.3, 0.4) is 0 Å². The summed E-state index contributed by atoms with van der Waals surface area (Å²) in [6, 6.07) is 9.66. The van der Waals surface area contributed by atoms with Crippen LogP contribution < -0.4 is 0 Å². The van der Waals surface area contributed by atoms with Crippen LogP contribution in [0, 0.1) is 0 Å². The maximum absolute atomic E-state index is 9.39. The fraction of sp³-hybridized carbons (Fsp3) is 0. The van der Waals surface area contributed by atoms with Gasteiger partial charge in [0, 0.05) is 10.9 Å². The first-order valence-corrected chi connectivity index (χ1v) is 4.63. The molecule has 0 atom stereocenters. The van der Waals surface area contributed by atoms with Crippen LogP contribution >= 0.6 is 0 Å². The normalized spacial score (nSPS) is 10.1. The molecule has 2 nitrogen and oxygen atoms in total. The first kappa shape index (κ1) is 9.46. The zero-order valence-corrected chi connectivity index (χ0v) is 8.27. The lowest BCUT2D eigenvalue weighted by atomic mass is 10.1. The highest BCUT2D eigenvalue weighted by atomic mass is 16.3. The first-order chi connectivity index (χ1) is 7.22. The molecule has 15 heavy (non-hydrogen) atoms. The molecule has 0 aliphatic rings. The SMILES string of the molecule is C=Cc1cc2ccccc2nc1C(=C)O. The van der Waals surface area contributed by atoms with Gasteiger partial charge in [0.25, 0.3) is 0 Å². The molecule has 0 aliphatic carbocycles. The Kier molecular flexibility index (Phi) is 2.26. The number of para-hydroxylation sites is 1. The van der Waals surface area contributed by atoms with Gasteiger partial charge in [-0.1, -0.05) is 37.4 Å². The summed E-state index contributed by atoms with van der Waals surface area (Å²) in [5.74, 6) is -0.0318. The van der Waals surface area contributed by atoms with Gasteiger partial charge in [-0.15, -0.1) is 0 Å². The summed E-state index contributed by atoms with van der Waals surface area (Å²) in [7, 11) is 0. The van der Waals surface area contributed by atoms with Crippen molar-refractivity contribution in [3.63, 3.8) is 0 Å². The van der Waals surface area contributed by atoms with Crippen LogP contribution in [0.4, 0.5) is 0 Å². The smallest absolute Gasteiger partial charge is 0.134 e. The quantitative estimate of drug-likeness (QED) is 0.748. The maximum Gasteiger partial charge on any atom is 0.134 e. The van der Waals surface area contributed by atoms with E-state index < -0.39 is 0 Å². The van der Waals surface area contributed by atoms with Crippen LogP contribution in [0.15, 0.2) is 43.5 Å². The van der Waals surface area contributed by atoms with Gasteiger partial charge in [0.05, 0.1) is 5.52 Å². The molecule has 1 aromatic carbocycles. The Morgan fingerprint density at radius 1 is 1.33 bits per heavy atom. The van der Waals surface area contributed by atoms with Crippen LogP contribution in [0.1, 0.15) is 11.3 Å². The van der Waals surface area contributed by atoms with E-state index in [0.717, 1.165) is 16.5 Å². The van der Waals surface area contributed by atoms with Crippen molar-refractivity contribution in [2.75, 3.05) is 0 Å². The summed E-state index contributed by atoms with van der Waals surface area (Å²) in [6.07, 6.45) is 1.66. The highest BCUT2D eigenvalue weighted by Gasteiger charge is 2.06. The fourth-order valence-electron chi connectivity index (χ4n) is 1.52. The zero-order valence-electron chi connectivity index (χ0n) is 8.27. The number of rotatable bonds is 2. The van der Waals surface area contributed by atoms with E-state index in [-0.39, 0.29) is 5.76 Å². The second-order valence-corrected chi connectivity index (χ2v) is 3.27. The molecule has 2 rings (SSSR count). The van der Waals surface area contributed by atoms with Gasteiger partial charge in [0.15, 0.2) is 0 Å². The average Bonchev–Trinajstić information content (AvgIpc) is 2.27. The van der Waals surface area contributed by atoms with E-state index in [1.807, 2.05) is 30.3 Å². The predicted molar refractivity (Wildman–Crippen MR) is 63.5 cm³/mol. The molecule has 2 heteroatoms. The molecule has 0 amide bonds. The van der Waals surface area contributed by atoms with Gasteiger partial charge in [-0.05, 0) is 12.1 Å². The largest absolute Gasteiger partial charge is 0.506 e. The number of hydrogen-bond donors (Lipinski definition) is 1. The second-order valence-electron chi connectivity index (χ2n) is 3.27. The molecule has 1 aromatic heterocycles. The highest BCUT2D eigenvalue weighted by Crippen LogP contribution is 2.20. The number of nitrogens with zero attached hydrogens (tertiary/aromatic N) is 1. The molecule has 0 saturated heterocycles. The van der Waals surface area contributed by atoms with Crippen LogP contribution in [0.2, 0.25) is 0 Å². The Hall–Kier alpha value is -2.09. The minimum Gasteiger partial charge on any atom is -0.506 e. The number of benzene rings is 1. The van der Waals surface area contributed by atoms with E-state index in [1.165, 1.54) is 0 Å². The first-order valence-electron chi connectivity index (χ1n) is 4.63. The van der Waals surface area contributed by atoms with Crippen LogP contribution in [-0.4, -0.2) is 10.1 Å². The van der Waals surface area contributed by atoms with Gasteiger partial charge in [-0.25, -0.2) is 4.98 Å². The Balaban J connectivity index is 2.80. The van der Waals surface area contributed by atoms with E-state index in [2.05, 4.69) is 18.1 Å².